The van der Waals surface area contributed by atoms with Crippen molar-refractivity contribution in [2.75, 3.05) is 51.2 Å². The van der Waals surface area contributed by atoms with Gasteiger partial charge in [-0.3, -0.25) is 9.78 Å². The normalized spacial score (nSPS) is 23.8. The number of rotatable bonds is 7. The molecule has 5 rings (SSSR count). The van der Waals surface area contributed by atoms with Gasteiger partial charge in [0.2, 0.25) is 5.91 Å². The molecular weight excluding hydrogens is 376 g/mol. The Kier molecular flexibility index (Phi) is 5.86. The van der Waals surface area contributed by atoms with E-state index in [2.05, 4.69) is 21.3 Å². The summed E-state index contributed by atoms with van der Waals surface area (Å²) in [4.78, 5) is 21.5. The van der Waals surface area contributed by atoms with Crippen LogP contribution in [0.2, 0.25) is 0 Å². The maximum Gasteiger partial charge on any atom is 0.248 e. The first kappa shape index (κ1) is 19.8. The van der Waals surface area contributed by atoms with Crippen molar-refractivity contribution in [2.24, 2.45) is 11.8 Å². The number of morpholine rings is 1. The van der Waals surface area contributed by atoms with E-state index in [0.717, 1.165) is 29.1 Å². The number of hydrogen-bond acceptors (Lipinski definition) is 5. The van der Waals surface area contributed by atoms with Crippen LogP contribution in [0.5, 0.6) is 0 Å². The van der Waals surface area contributed by atoms with E-state index in [9.17, 15) is 4.79 Å². The van der Waals surface area contributed by atoms with Crippen LogP contribution in [0.3, 0.4) is 0 Å². The molecule has 3 aliphatic rings. The summed E-state index contributed by atoms with van der Waals surface area (Å²) in [6.07, 6.45) is 7.12. The number of nitrogens with zero attached hydrogens (tertiary/aromatic N) is 3. The Morgan fingerprint density at radius 1 is 1.03 bits per heavy atom. The van der Waals surface area contributed by atoms with Crippen LogP contribution in [0.15, 0.2) is 36.5 Å². The number of piperidine rings is 1. The number of aromatic nitrogens is 1. The standard InChI is InChI=1S/C24H32N4O2/c29-24-17-30-20(13-26-23-7-10-25-22-4-2-1-3-21(22)23)16-28(24)15-19-8-11-27(12-9-19)14-18-5-6-18/h1-4,7,10,18-20H,5-6,8-9,11-17H2,(H,25,26)/t20-/m0/s1. The van der Waals surface area contributed by atoms with E-state index in [1.807, 2.05) is 35.4 Å². The highest BCUT2D eigenvalue weighted by Gasteiger charge is 2.31. The monoisotopic (exact) mass is 408 g/mol. The van der Waals surface area contributed by atoms with Crippen LogP contribution in [0.1, 0.15) is 25.7 Å². The number of fused-ring (bicyclic) bond motifs is 1. The van der Waals surface area contributed by atoms with Gasteiger partial charge in [-0.1, -0.05) is 18.2 Å². The highest BCUT2D eigenvalue weighted by molar-refractivity contribution is 5.90. The number of benzene rings is 1. The molecule has 2 saturated heterocycles. The molecule has 2 aliphatic heterocycles. The maximum absolute atomic E-state index is 12.4. The van der Waals surface area contributed by atoms with E-state index in [1.165, 1.54) is 45.3 Å². The summed E-state index contributed by atoms with van der Waals surface area (Å²) in [5.74, 6) is 1.73. The highest BCUT2D eigenvalue weighted by atomic mass is 16.5. The van der Waals surface area contributed by atoms with Gasteiger partial charge in [0.1, 0.15) is 6.61 Å². The second-order valence-corrected chi connectivity index (χ2v) is 9.18. The van der Waals surface area contributed by atoms with Crippen molar-refractivity contribution in [3.63, 3.8) is 0 Å². The van der Waals surface area contributed by atoms with Crippen molar-refractivity contribution in [3.8, 4) is 0 Å². The fraction of sp³-hybridized carbons (Fsp3) is 0.583. The van der Waals surface area contributed by atoms with Crippen molar-refractivity contribution in [3.05, 3.63) is 36.5 Å². The van der Waals surface area contributed by atoms with E-state index in [-0.39, 0.29) is 18.6 Å². The number of nitrogens with one attached hydrogen (secondary N) is 1. The number of ether oxygens (including phenoxy) is 1. The molecule has 3 fully saturated rings. The van der Waals surface area contributed by atoms with E-state index < -0.39 is 0 Å². The lowest BCUT2D eigenvalue weighted by Gasteiger charge is -2.38. The van der Waals surface area contributed by atoms with Crippen LogP contribution in [0, 0.1) is 11.8 Å². The van der Waals surface area contributed by atoms with Crippen LogP contribution in [0.4, 0.5) is 5.69 Å². The zero-order chi connectivity index (χ0) is 20.3. The average Bonchev–Trinajstić information content (AvgIpc) is 3.59. The van der Waals surface area contributed by atoms with Crippen molar-refractivity contribution in [2.45, 2.75) is 31.8 Å². The van der Waals surface area contributed by atoms with Gasteiger partial charge in [-0.2, -0.15) is 0 Å². The lowest BCUT2D eigenvalue weighted by molar-refractivity contribution is -0.149. The zero-order valence-corrected chi connectivity index (χ0v) is 17.6. The molecule has 0 radical (unpaired) electrons. The Balaban J connectivity index is 1.13. The molecule has 1 saturated carbocycles. The van der Waals surface area contributed by atoms with Gasteiger partial charge in [0.15, 0.2) is 0 Å². The molecule has 1 aromatic heterocycles. The summed E-state index contributed by atoms with van der Waals surface area (Å²) in [6.45, 7) is 6.13. The third-order valence-electron chi connectivity index (χ3n) is 6.79. The maximum atomic E-state index is 12.4. The summed E-state index contributed by atoms with van der Waals surface area (Å²) in [5, 5.41) is 4.63. The number of carbonyl (C=O) groups is 1. The SMILES string of the molecule is O=C1CO[C@@H](CNc2ccnc3ccccc23)CN1CC1CCN(CC2CC2)CC1. The van der Waals surface area contributed by atoms with Crippen LogP contribution in [-0.4, -0.2) is 72.7 Å². The van der Waals surface area contributed by atoms with E-state index >= 15 is 0 Å². The van der Waals surface area contributed by atoms with Gasteiger partial charge in [-0.05, 0) is 62.7 Å². The Morgan fingerprint density at radius 3 is 2.67 bits per heavy atom. The zero-order valence-electron chi connectivity index (χ0n) is 17.6. The Bertz CT molecular complexity index is 871. The first-order valence-electron chi connectivity index (χ1n) is 11.4. The second kappa shape index (κ2) is 8.90. The second-order valence-electron chi connectivity index (χ2n) is 9.18. The van der Waals surface area contributed by atoms with Gasteiger partial charge in [0, 0.05) is 43.4 Å². The van der Waals surface area contributed by atoms with Crippen LogP contribution < -0.4 is 5.32 Å². The molecule has 6 heteroatoms. The molecule has 160 valence electrons. The smallest absolute Gasteiger partial charge is 0.248 e. The summed E-state index contributed by atoms with van der Waals surface area (Å²) < 4.78 is 5.83. The quantitative estimate of drug-likeness (QED) is 0.763. The molecule has 1 aromatic carbocycles. The van der Waals surface area contributed by atoms with Crippen molar-refractivity contribution in [1.29, 1.82) is 0 Å². The summed E-state index contributed by atoms with van der Waals surface area (Å²) >= 11 is 0. The van der Waals surface area contributed by atoms with Gasteiger partial charge in [-0.25, -0.2) is 0 Å². The van der Waals surface area contributed by atoms with Crippen molar-refractivity contribution in [1.82, 2.24) is 14.8 Å². The minimum atomic E-state index is 0.0181. The third-order valence-corrected chi connectivity index (χ3v) is 6.79. The Hall–Kier alpha value is -2.18. The Morgan fingerprint density at radius 2 is 1.83 bits per heavy atom. The molecule has 1 aliphatic carbocycles. The molecule has 1 N–H and O–H groups in total. The fourth-order valence-corrected chi connectivity index (χ4v) is 4.78. The minimum absolute atomic E-state index is 0.0181. The lowest BCUT2D eigenvalue weighted by Crippen LogP contribution is -2.51. The molecule has 0 unspecified atom stereocenters. The average molecular weight is 409 g/mol. The van der Waals surface area contributed by atoms with Crippen LogP contribution in [-0.2, 0) is 9.53 Å². The molecule has 2 aromatic rings. The van der Waals surface area contributed by atoms with Crippen LogP contribution in [0.25, 0.3) is 10.9 Å². The van der Waals surface area contributed by atoms with Crippen molar-refractivity contribution < 1.29 is 9.53 Å². The van der Waals surface area contributed by atoms with E-state index in [1.54, 1.807) is 0 Å². The largest absolute Gasteiger partial charge is 0.382 e. The van der Waals surface area contributed by atoms with Gasteiger partial charge >= 0.3 is 0 Å². The van der Waals surface area contributed by atoms with Gasteiger partial charge < -0.3 is 19.9 Å². The molecule has 1 atom stereocenters. The molecular formula is C24H32N4O2. The van der Waals surface area contributed by atoms with E-state index in [4.69, 9.17) is 4.74 Å². The van der Waals surface area contributed by atoms with Gasteiger partial charge in [-0.15, -0.1) is 0 Å². The summed E-state index contributed by atoms with van der Waals surface area (Å²) in [7, 11) is 0. The number of carbonyl (C=O) groups excluding carboxylic acids is 1. The number of hydrogen-bond donors (Lipinski definition) is 1. The molecule has 6 nitrogen and oxygen atoms in total. The Labute approximate surface area is 178 Å². The first-order chi connectivity index (χ1) is 14.7. The van der Waals surface area contributed by atoms with Crippen LogP contribution >= 0.6 is 0 Å². The third kappa shape index (κ3) is 4.76. The summed E-state index contributed by atoms with van der Waals surface area (Å²) in [5.41, 5.74) is 2.05. The number of amides is 1. The molecule has 0 spiro atoms. The minimum Gasteiger partial charge on any atom is -0.382 e. The fourth-order valence-electron chi connectivity index (χ4n) is 4.78. The highest BCUT2D eigenvalue weighted by Crippen LogP contribution is 2.31. The first-order valence-corrected chi connectivity index (χ1v) is 11.4. The number of para-hydroxylation sites is 1. The molecule has 30 heavy (non-hydrogen) atoms. The topological polar surface area (TPSA) is 57.7 Å². The molecule has 3 heterocycles. The predicted octanol–water partition coefficient (Wildman–Crippen LogP) is 3.00. The van der Waals surface area contributed by atoms with Crippen molar-refractivity contribution >= 4 is 22.5 Å². The number of likely N-dealkylation sites (tertiary alicyclic amines) is 1. The van der Waals surface area contributed by atoms with E-state index in [0.29, 0.717) is 19.0 Å². The van der Waals surface area contributed by atoms with Gasteiger partial charge in [0.25, 0.3) is 0 Å². The number of anilines is 1. The number of pyridine rings is 1. The molecule has 0 bridgehead atoms. The van der Waals surface area contributed by atoms with Gasteiger partial charge in [0.05, 0.1) is 11.6 Å². The predicted molar refractivity (Wildman–Crippen MR) is 118 cm³/mol. The summed E-state index contributed by atoms with van der Waals surface area (Å²) in [6, 6.07) is 10.1. The lowest BCUT2D eigenvalue weighted by atomic mass is 9.95. The molecule has 1 amide bonds.